The normalized spacial score (nSPS) is 10.9. The van der Waals surface area contributed by atoms with Gasteiger partial charge in [-0.15, -0.1) is 5.10 Å². The van der Waals surface area contributed by atoms with Gasteiger partial charge in [-0.05, 0) is 0 Å². The minimum atomic E-state index is 0.0629. The Morgan fingerprint density at radius 1 is 1.47 bits per heavy atom. The van der Waals surface area contributed by atoms with Crippen LogP contribution in [0.1, 0.15) is 11.6 Å². The second kappa shape index (κ2) is 6.06. The molecule has 2 N–H and O–H groups in total. The molecule has 0 saturated carbocycles. The Morgan fingerprint density at radius 3 is 3.18 bits per heavy atom. The van der Waals surface area contributed by atoms with Crippen molar-refractivity contribution >= 4 is 0 Å². The molecule has 0 atom stereocenters. The van der Waals surface area contributed by atoms with E-state index < -0.39 is 0 Å². The minimum absolute atomic E-state index is 0.0629. The summed E-state index contributed by atoms with van der Waals surface area (Å²) in [5.41, 5.74) is 0.837. The van der Waals surface area contributed by atoms with Crippen molar-refractivity contribution in [2.24, 2.45) is 0 Å². The van der Waals surface area contributed by atoms with Crippen LogP contribution in [0.5, 0.6) is 0 Å². The molecule has 0 aliphatic rings. The first-order valence-electron chi connectivity index (χ1n) is 5.34. The van der Waals surface area contributed by atoms with E-state index in [1.165, 1.54) is 6.33 Å². The molecule has 0 amide bonds. The molecule has 2 rings (SSSR count). The number of aliphatic hydroxyl groups is 1. The van der Waals surface area contributed by atoms with Crippen LogP contribution in [0.3, 0.4) is 0 Å². The zero-order valence-electron chi connectivity index (χ0n) is 9.28. The van der Waals surface area contributed by atoms with Crippen LogP contribution in [0, 0.1) is 0 Å². The maximum absolute atomic E-state index is 8.72. The van der Waals surface area contributed by atoms with Crippen LogP contribution in [0.25, 0.3) is 0 Å². The number of nitrogens with one attached hydrogen (secondary N) is 1. The smallest absolute Gasteiger partial charge is 0.227 e. The predicted octanol–water partition coefficient (Wildman–Crippen LogP) is -1.01. The number of hydrogen-bond acceptors (Lipinski definition) is 7. The van der Waals surface area contributed by atoms with E-state index in [1.807, 2.05) is 0 Å². The quantitative estimate of drug-likeness (QED) is 0.595. The van der Waals surface area contributed by atoms with E-state index in [2.05, 4.69) is 25.8 Å². The average Bonchev–Trinajstić information content (AvgIpc) is 2.96. The van der Waals surface area contributed by atoms with Crippen LogP contribution in [0.15, 0.2) is 17.0 Å². The third-order valence-corrected chi connectivity index (χ3v) is 2.14. The van der Waals surface area contributed by atoms with Gasteiger partial charge in [0.2, 0.25) is 5.89 Å². The van der Waals surface area contributed by atoms with Crippen LogP contribution in [-0.2, 0) is 19.5 Å². The highest BCUT2D eigenvalue weighted by Gasteiger charge is 2.01. The van der Waals surface area contributed by atoms with E-state index in [4.69, 9.17) is 9.63 Å². The van der Waals surface area contributed by atoms with Gasteiger partial charge in [0.05, 0.1) is 18.8 Å². The molecule has 0 radical (unpaired) electrons. The fraction of sp³-hybridized carbons (Fsp3) is 0.556. The molecule has 0 unspecified atom stereocenters. The molecule has 0 fully saturated rings. The van der Waals surface area contributed by atoms with E-state index in [9.17, 15) is 0 Å². The lowest BCUT2D eigenvalue weighted by Crippen LogP contribution is -2.17. The van der Waals surface area contributed by atoms with Gasteiger partial charge in [0.1, 0.15) is 0 Å². The molecule has 17 heavy (non-hydrogen) atoms. The number of hydrogen-bond donors (Lipinski definition) is 2. The number of rotatable bonds is 7. The third-order valence-electron chi connectivity index (χ3n) is 2.14. The van der Waals surface area contributed by atoms with Crippen molar-refractivity contribution in [1.29, 1.82) is 0 Å². The zero-order chi connectivity index (χ0) is 11.9. The van der Waals surface area contributed by atoms with E-state index in [-0.39, 0.29) is 6.61 Å². The Hall–Kier alpha value is -1.80. The zero-order valence-corrected chi connectivity index (χ0v) is 9.28. The van der Waals surface area contributed by atoms with Gasteiger partial charge in [-0.2, -0.15) is 4.98 Å². The highest BCUT2D eigenvalue weighted by atomic mass is 16.5. The highest BCUT2D eigenvalue weighted by molar-refractivity contribution is 4.91. The molecule has 92 valence electrons. The summed E-state index contributed by atoms with van der Waals surface area (Å²) >= 11 is 0. The van der Waals surface area contributed by atoms with E-state index in [0.29, 0.717) is 25.4 Å². The molecule has 0 aliphatic carbocycles. The van der Waals surface area contributed by atoms with Crippen molar-refractivity contribution in [1.82, 2.24) is 30.5 Å². The third kappa shape index (κ3) is 3.61. The second-order valence-corrected chi connectivity index (χ2v) is 3.46. The number of aromatic nitrogens is 5. The lowest BCUT2D eigenvalue weighted by Gasteiger charge is -1.98. The lowest BCUT2D eigenvalue weighted by atomic mass is 10.4. The fourth-order valence-corrected chi connectivity index (χ4v) is 1.35. The SMILES string of the molecule is OCCn1cc(CNCCc2ncno2)nn1. The highest BCUT2D eigenvalue weighted by Crippen LogP contribution is 1.94. The largest absolute Gasteiger partial charge is 0.394 e. The van der Waals surface area contributed by atoms with Gasteiger partial charge < -0.3 is 14.9 Å². The summed E-state index contributed by atoms with van der Waals surface area (Å²) in [5.74, 6) is 0.612. The maximum atomic E-state index is 8.72. The van der Waals surface area contributed by atoms with Gasteiger partial charge in [-0.3, -0.25) is 0 Å². The minimum Gasteiger partial charge on any atom is -0.394 e. The van der Waals surface area contributed by atoms with Crippen molar-refractivity contribution < 1.29 is 9.63 Å². The van der Waals surface area contributed by atoms with E-state index >= 15 is 0 Å². The molecule has 0 bridgehead atoms. The number of nitrogens with zero attached hydrogens (tertiary/aromatic N) is 5. The van der Waals surface area contributed by atoms with Crippen LogP contribution in [0.4, 0.5) is 0 Å². The first-order chi connectivity index (χ1) is 8.38. The number of aliphatic hydroxyl groups excluding tert-OH is 1. The first kappa shape index (κ1) is 11.7. The molecular formula is C9H14N6O2. The maximum Gasteiger partial charge on any atom is 0.227 e. The molecule has 0 aliphatic heterocycles. The summed E-state index contributed by atoms with van der Waals surface area (Å²) in [4.78, 5) is 3.91. The Bertz CT molecular complexity index is 426. The van der Waals surface area contributed by atoms with Gasteiger partial charge in [-0.25, -0.2) is 4.68 Å². The Morgan fingerprint density at radius 2 is 2.41 bits per heavy atom. The first-order valence-corrected chi connectivity index (χ1v) is 5.34. The topological polar surface area (TPSA) is 102 Å². The van der Waals surface area contributed by atoms with Crippen LogP contribution >= 0.6 is 0 Å². The molecule has 2 heterocycles. The van der Waals surface area contributed by atoms with Gasteiger partial charge in [0.15, 0.2) is 6.33 Å². The predicted molar refractivity (Wildman–Crippen MR) is 56.8 cm³/mol. The molecular weight excluding hydrogens is 224 g/mol. The monoisotopic (exact) mass is 238 g/mol. The van der Waals surface area contributed by atoms with Crippen molar-refractivity contribution in [3.63, 3.8) is 0 Å². The Kier molecular flexibility index (Phi) is 4.17. The molecule has 0 spiro atoms. The second-order valence-electron chi connectivity index (χ2n) is 3.46. The van der Waals surface area contributed by atoms with E-state index in [0.717, 1.165) is 12.2 Å². The average molecular weight is 238 g/mol. The van der Waals surface area contributed by atoms with Crippen LogP contribution in [-0.4, -0.2) is 43.4 Å². The summed E-state index contributed by atoms with van der Waals surface area (Å²) in [7, 11) is 0. The summed E-state index contributed by atoms with van der Waals surface area (Å²) in [6.45, 7) is 1.89. The van der Waals surface area contributed by atoms with Gasteiger partial charge in [0, 0.05) is 25.7 Å². The summed E-state index contributed by atoms with van der Waals surface area (Å²) in [5, 5.41) is 23.2. The van der Waals surface area contributed by atoms with Crippen LogP contribution in [0.2, 0.25) is 0 Å². The molecule has 0 saturated heterocycles. The van der Waals surface area contributed by atoms with Gasteiger partial charge in [0.25, 0.3) is 0 Å². The summed E-state index contributed by atoms with van der Waals surface area (Å²) in [6.07, 6.45) is 3.87. The van der Waals surface area contributed by atoms with Gasteiger partial charge >= 0.3 is 0 Å². The Balaban J connectivity index is 1.67. The standard InChI is InChI=1S/C9H14N6O2/c16-4-3-15-6-8(13-14-15)5-10-2-1-9-11-7-12-17-9/h6-7,10,16H,1-5H2. The molecule has 8 heteroatoms. The summed E-state index contributed by atoms with van der Waals surface area (Å²) in [6, 6.07) is 0. The Labute approximate surface area is 97.6 Å². The molecule has 2 aromatic rings. The van der Waals surface area contributed by atoms with Crippen molar-refractivity contribution in [3.05, 3.63) is 24.1 Å². The van der Waals surface area contributed by atoms with Crippen molar-refractivity contribution in [3.8, 4) is 0 Å². The van der Waals surface area contributed by atoms with E-state index in [1.54, 1.807) is 10.9 Å². The van der Waals surface area contributed by atoms with Gasteiger partial charge in [-0.1, -0.05) is 10.4 Å². The van der Waals surface area contributed by atoms with Crippen LogP contribution < -0.4 is 5.32 Å². The summed E-state index contributed by atoms with van der Waals surface area (Å²) < 4.78 is 6.47. The molecule has 2 aromatic heterocycles. The van der Waals surface area contributed by atoms with Crippen molar-refractivity contribution in [2.45, 2.75) is 19.5 Å². The molecule has 8 nitrogen and oxygen atoms in total. The fourth-order valence-electron chi connectivity index (χ4n) is 1.35. The van der Waals surface area contributed by atoms with Crippen molar-refractivity contribution in [2.75, 3.05) is 13.2 Å². The lowest BCUT2D eigenvalue weighted by molar-refractivity contribution is 0.268. The molecule has 0 aromatic carbocycles.